The van der Waals surface area contributed by atoms with Crippen LogP contribution in [0.25, 0.3) is 0 Å². The number of piperazine rings is 1. The van der Waals surface area contributed by atoms with E-state index >= 15 is 0 Å². The standard InChI is InChI=1S/C16H20N6/c1-3-12-7-18-15(19-8-12)22-13-6-14(22)10-21(9-13)16-17-5-4-11(2)20-16/h4-5,7-8,13-14H,3,6,9-10H2,1-2H3. The van der Waals surface area contributed by atoms with E-state index in [-0.39, 0.29) is 0 Å². The maximum atomic E-state index is 4.54. The molecule has 2 atom stereocenters. The third kappa shape index (κ3) is 2.19. The van der Waals surface area contributed by atoms with Gasteiger partial charge in [-0.25, -0.2) is 19.9 Å². The second kappa shape index (κ2) is 5.19. The van der Waals surface area contributed by atoms with Gasteiger partial charge in [-0.2, -0.15) is 0 Å². The largest absolute Gasteiger partial charge is 0.337 e. The molecule has 0 radical (unpaired) electrons. The highest BCUT2D eigenvalue weighted by Gasteiger charge is 2.46. The maximum Gasteiger partial charge on any atom is 0.225 e. The Labute approximate surface area is 130 Å². The molecule has 0 aliphatic carbocycles. The van der Waals surface area contributed by atoms with Gasteiger partial charge in [-0.1, -0.05) is 6.92 Å². The lowest BCUT2D eigenvalue weighted by Crippen LogP contribution is -2.69. The lowest BCUT2D eigenvalue weighted by atomic mass is 9.88. The molecule has 5 rings (SSSR count). The zero-order valence-electron chi connectivity index (χ0n) is 13.0. The first-order valence-corrected chi connectivity index (χ1v) is 7.88. The minimum atomic E-state index is 0.468. The van der Waals surface area contributed by atoms with Crippen molar-refractivity contribution in [1.82, 2.24) is 19.9 Å². The van der Waals surface area contributed by atoms with E-state index in [2.05, 4.69) is 36.7 Å². The molecule has 6 nitrogen and oxygen atoms in total. The number of anilines is 2. The highest BCUT2D eigenvalue weighted by Crippen LogP contribution is 2.35. The van der Waals surface area contributed by atoms with Crippen LogP contribution in [0.15, 0.2) is 24.7 Å². The number of hydrogen-bond acceptors (Lipinski definition) is 6. The van der Waals surface area contributed by atoms with Crippen LogP contribution in [0.4, 0.5) is 11.9 Å². The Bertz CT molecular complexity index is 659. The van der Waals surface area contributed by atoms with Crippen LogP contribution in [-0.2, 0) is 6.42 Å². The van der Waals surface area contributed by atoms with Crippen molar-refractivity contribution >= 4 is 11.9 Å². The molecule has 2 unspecified atom stereocenters. The maximum absolute atomic E-state index is 4.54. The Morgan fingerprint density at radius 2 is 1.82 bits per heavy atom. The van der Waals surface area contributed by atoms with Crippen molar-refractivity contribution in [3.8, 4) is 0 Å². The van der Waals surface area contributed by atoms with Crippen molar-refractivity contribution in [2.24, 2.45) is 0 Å². The molecule has 2 aromatic rings. The summed E-state index contributed by atoms with van der Waals surface area (Å²) in [6.45, 7) is 6.01. The number of fused-ring (bicyclic) bond motifs is 2. The van der Waals surface area contributed by atoms with Crippen LogP contribution in [0.2, 0.25) is 0 Å². The molecule has 6 heteroatoms. The second-order valence-electron chi connectivity index (χ2n) is 6.10. The summed E-state index contributed by atoms with van der Waals surface area (Å²) < 4.78 is 0. The van der Waals surface area contributed by atoms with E-state index < -0.39 is 0 Å². The zero-order chi connectivity index (χ0) is 15.1. The average Bonchev–Trinajstić information content (AvgIpc) is 2.55. The van der Waals surface area contributed by atoms with Gasteiger partial charge in [-0.05, 0) is 31.4 Å². The molecule has 3 aliphatic heterocycles. The smallest absolute Gasteiger partial charge is 0.225 e. The number of aromatic nitrogens is 4. The van der Waals surface area contributed by atoms with Crippen LogP contribution in [0, 0.1) is 6.92 Å². The molecule has 3 saturated heterocycles. The van der Waals surface area contributed by atoms with E-state index in [0.717, 1.165) is 37.1 Å². The van der Waals surface area contributed by atoms with E-state index in [4.69, 9.17) is 0 Å². The first-order valence-electron chi connectivity index (χ1n) is 7.88. The van der Waals surface area contributed by atoms with E-state index in [1.54, 1.807) is 0 Å². The summed E-state index contributed by atoms with van der Waals surface area (Å²) in [5.74, 6) is 1.71. The molecule has 22 heavy (non-hydrogen) atoms. The lowest BCUT2D eigenvalue weighted by Gasteiger charge is -2.56. The first-order chi connectivity index (χ1) is 10.7. The highest BCUT2D eigenvalue weighted by molar-refractivity contribution is 5.46. The van der Waals surface area contributed by atoms with Crippen molar-refractivity contribution in [3.63, 3.8) is 0 Å². The van der Waals surface area contributed by atoms with E-state index in [9.17, 15) is 0 Å². The van der Waals surface area contributed by atoms with Gasteiger partial charge < -0.3 is 9.80 Å². The van der Waals surface area contributed by atoms with Crippen molar-refractivity contribution in [1.29, 1.82) is 0 Å². The van der Waals surface area contributed by atoms with Gasteiger partial charge in [0.05, 0.1) is 12.1 Å². The fraction of sp³-hybridized carbons (Fsp3) is 0.500. The number of rotatable bonds is 3. The van der Waals surface area contributed by atoms with Gasteiger partial charge >= 0.3 is 0 Å². The van der Waals surface area contributed by atoms with Crippen LogP contribution in [0.3, 0.4) is 0 Å². The Morgan fingerprint density at radius 1 is 1.09 bits per heavy atom. The molecule has 114 valence electrons. The molecule has 2 bridgehead atoms. The molecule has 0 N–H and O–H groups in total. The molecule has 3 aliphatic rings. The minimum absolute atomic E-state index is 0.468. The zero-order valence-corrected chi connectivity index (χ0v) is 13.0. The van der Waals surface area contributed by atoms with Gasteiger partial charge in [-0.3, -0.25) is 0 Å². The Balaban J connectivity index is 1.50. The van der Waals surface area contributed by atoms with Gasteiger partial charge in [0, 0.05) is 37.4 Å². The molecule has 0 amide bonds. The van der Waals surface area contributed by atoms with Gasteiger partial charge in [0.2, 0.25) is 11.9 Å². The summed E-state index contributed by atoms with van der Waals surface area (Å²) in [5, 5.41) is 0. The van der Waals surface area contributed by atoms with Crippen LogP contribution >= 0.6 is 0 Å². The number of hydrogen-bond donors (Lipinski definition) is 0. The van der Waals surface area contributed by atoms with E-state index in [0.29, 0.717) is 12.1 Å². The van der Waals surface area contributed by atoms with Crippen LogP contribution in [-0.4, -0.2) is 45.1 Å². The van der Waals surface area contributed by atoms with Crippen LogP contribution < -0.4 is 9.80 Å². The molecule has 0 aromatic carbocycles. The van der Waals surface area contributed by atoms with Gasteiger partial charge in [0.25, 0.3) is 0 Å². The minimum Gasteiger partial charge on any atom is -0.337 e. The van der Waals surface area contributed by atoms with Crippen LogP contribution in [0.1, 0.15) is 24.6 Å². The van der Waals surface area contributed by atoms with Gasteiger partial charge in [0.15, 0.2) is 0 Å². The summed E-state index contributed by atoms with van der Waals surface area (Å²) in [4.78, 5) is 22.6. The highest BCUT2D eigenvalue weighted by atomic mass is 15.4. The topological polar surface area (TPSA) is 58.0 Å². The van der Waals surface area contributed by atoms with Crippen LogP contribution in [0.5, 0.6) is 0 Å². The third-order valence-corrected chi connectivity index (χ3v) is 4.59. The summed E-state index contributed by atoms with van der Waals surface area (Å²) in [6.07, 6.45) is 7.91. The second-order valence-corrected chi connectivity index (χ2v) is 6.10. The fourth-order valence-corrected chi connectivity index (χ4v) is 3.35. The van der Waals surface area contributed by atoms with E-state index in [1.807, 2.05) is 31.6 Å². The average molecular weight is 296 g/mol. The molecule has 0 saturated carbocycles. The van der Waals surface area contributed by atoms with Crippen molar-refractivity contribution in [3.05, 3.63) is 35.9 Å². The SMILES string of the molecule is CCc1cnc(N2C3CC2CN(c2nccc(C)n2)C3)nc1. The summed E-state index contributed by atoms with van der Waals surface area (Å²) in [6, 6.07) is 2.87. The van der Waals surface area contributed by atoms with E-state index in [1.165, 1.54) is 12.0 Å². The first kappa shape index (κ1) is 13.4. The Morgan fingerprint density at radius 3 is 2.45 bits per heavy atom. The number of piperidine rings is 1. The molecular weight excluding hydrogens is 276 g/mol. The Hall–Kier alpha value is -2.24. The summed E-state index contributed by atoms with van der Waals surface area (Å²) >= 11 is 0. The quantitative estimate of drug-likeness (QED) is 0.857. The van der Waals surface area contributed by atoms with Gasteiger partial charge in [0.1, 0.15) is 0 Å². The summed E-state index contributed by atoms with van der Waals surface area (Å²) in [7, 11) is 0. The summed E-state index contributed by atoms with van der Waals surface area (Å²) in [5.41, 5.74) is 2.20. The number of nitrogens with zero attached hydrogens (tertiary/aromatic N) is 6. The predicted octanol–water partition coefficient (Wildman–Crippen LogP) is 1.60. The predicted molar refractivity (Wildman–Crippen MR) is 85.1 cm³/mol. The van der Waals surface area contributed by atoms with Crippen molar-refractivity contribution in [2.75, 3.05) is 22.9 Å². The third-order valence-electron chi connectivity index (χ3n) is 4.59. The lowest BCUT2D eigenvalue weighted by molar-refractivity contribution is 0.284. The monoisotopic (exact) mass is 296 g/mol. The molecule has 5 heterocycles. The molecule has 0 spiro atoms. The number of aryl methyl sites for hydroxylation is 2. The van der Waals surface area contributed by atoms with Crippen molar-refractivity contribution in [2.45, 2.75) is 38.8 Å². The molecule has 2 aromatic heterocycles. The normalized spacial score (nSPS) is 23.4. The molecular formula is C16H20N6. The molecule has 3 fully saturated rings. The Kier molecular flexibility index (Phi) is 3.17. The fourth-order valence-electron chi connectivity index (χ4n) is 3.35. The van der Waals surface area contributed by atoms with Gasteiger partial charge in [-0.15, -0.1) is 0 Å². The van der Waals surface area contributed by atoms with Crippen molar-refractivity contribution < 1.29 is 0 Å².